The van der Waals surface area contributed by atoms with Crippen LogP contribution in [0.15, 0.2) is 0 Å². The lowest BCUT2D eigenvalue weighted by Crippen LogP contribution is -2.38. The highest BCUT2D eigenvalue weighted by Crippen LogP contribution is 2.08. The van der Waals surface area contributed by atoms with Crippen LogP contribution in [0.25, 0.3) is 0 Å². The van der Waals surface area contributed by atoms with Crippen LogP contribution in [0, 0.1) is 5.92 Å². The molecule has 0 amide bonds. The molecule has 0 bridgehead atoms. The molecule has 2 N–H and O–H groups in total. The second-order valence-electron chi connectivity index (χ2n) is 4.71. The summed E-state index contributed by atoms with van der Waals surface area (Å²) >= 11 is 0. The summed E-state index contributed by atoms with van der Waals surface area (Å²) in [6.07, 6.45) is 2.74. The number of hydrogen-bond acceptors (Lipinski definition) is 3. The monoisotopic (exact) mass is 264 g/mol. The van der Waals surface area contributed by atoms with Crippen molar-refractivity contribution in [1.29, 1.82) is 0 Å². The summed E-state index contributed by atoms with van der Waals surface area (Å²) in [4.78, 5) is 0. The van der Waals surface area contributed by atoms with Gasteiger partial charge in [-0.25, -0.2) is 13.1 Å². The van der Waals surface area contributed by atoms with Crippen LogP contribution < -0.4 is 10.0 Å². The molecule has 0 spiro atoms. The van der Waals surface area contributed by atoms with Crippen LogP contribution in [0.3, 0.4) is 0 Å². The Balaban J connectivity index is 3.87. The Labute approximate surface area is 107 Å². The summed E-state index contributed by atoms with van der Waals surface area (Å²) in [5, 5.41) is 3.20. The lowest BCUT2D eigenvalue weighted by Gasteiger charge is -2.19. The van der Waals surface area contributed by atoms with Crippen LogP contribution in [-0.2, 0) is 10.0 Å². The van der Waals surface area contributed by atoms with Crippen molar-refractivity contribution in [1.82, 2.24) is 10.0 Å². The Morgan fingerprint density at radius 3 is 2.29 bits per heavy atom. The van der Waals surface area contributed by atoms with Crippen LogP contribution in [0.1, 0.15) is 47.0 Å². The van der Waals surface area contributed by atoms with E-state index in [1.54, 1.807) is 0 Å². The normalized spacial score (nSPS) is 15.8. The van der Waals surface area contributed by atoms with E-state index in [1.807, 2.05) is 6.92 Å². The second kappa shape index (κ2) is 8.89. The van der Waals surface area contributed by atoms with Crippen molar-refractivity contribution >= 4 is 10.0 Å². The molecule has 2 atom stereocenters. The average molecular weight is 264 g/mol. The summed E-state index contributed by atoms with van der Waals surface area (Å²) in [5.74, 6) is 0.591. The molecule has 0 fully saturated rings. The smallest absolute Gasteiger partial charge is 0.211 e. The molecule has 0 aromatic heterocycles. The maximum absolute atomic E-state index is 11.8. The van der Waals surface area contributed by atoms with Gasteiger partial charge in [0.25, 0.3) is 0 Å². The lowest BCUT2D eigenvalue weighted by atomic mass is 10.0. The fourth-order valence-corrected chi connectivity index (χ4v) is 2.94. The fourth-order valence-electron chi connectivity index (χ4n) is 1.50. The minimum Gasteiger partial charge on any atom is -0.317 e. The highest BCUT2D eigenvalue weighted by molar-refractivity contribution is 7.89. The molecule has 0 rings (SSSR count). The molecule has 0 aliphatic heterocycles. The SMILES string of the molecule is CCCNCCCS(=O)(=O)NC(C)C(C)CC. The second-order valence-corrected chi connectivity index (χ2v) is 6.59. The van der Waals surface area contributed by atoms with E-state index in [0.29, 0.717) is 12.3 Å². The minimum atomic E-state index is -3.11. The first-order chi connectivity index (χ1) is 7.93. The first kappa shape index (κ1) is 16.9. The summed E-state index contributed by atoms with van der Waals surface area (Å²) in [6, 6.07) is 0.0219. The van der Waals surface area contributed by atoms with Crippen molar-refractivity contribution < 1.29 is 8.42 Å². The van der Waals surface area contributed by atoms with Gasteiger partial charge in [-0.15, -0.1) is 0 Å². The van der Waals surface area contributed by atoms with E-state index in [0.717, 1.165) is 25.9 Å². The molecule has 0 radical (unpaired) electrons. The predicted molar refractivity (Wildman–Crippen MR) is 73.6 cm³/mol. The van der Waals surface area contributed by atoms with Gasteiger partial charge in [0.15, 0.2) is 0 Å². The van der Waals surface area contributed by atoms with Crippen molar-refractivity contribution in [3.63, 3.8) is 0 Å². The average Bonchev–Trinajstić information content (AvgIpc) is 2.26. The van der Waals surface area contributed by atoms with Crippen molar-refractivity contribution in [3.8, 4) is 0 Å². The first-order valence-electron chi connectivity index (χ1n) is 6.63. The van der Waals surface area contributed by atoms with Gasteiger partial charge in [0.2, 0.25) is 10.0 Å². The molecule has 104 valence electrons. The van der Waals surface area contributed by atoms with Crippen LogP contribution in [-0.4, -0.2) is 33.3 Å². The molecule has 2 unspecified atom stereocenters. The third-order valence-corrected chi connectivity index (χ3v) is 4.61. The zero-order chi connectivity index (χ0) is 13.3. The maximum atomic E-state index is 11.8. The predicted octanol–water partition coefficient (Wildman–Crippen LogP) is 1.73. The molecule has 17 heavy (non-hydrogen) atoms. The largest absolute Gasteiger partial charge is 0.317 e. The van der Waals surface area contributed by atoms with Gasteiger partial charge in [0.05, 0.1) is 5.75 Å². The zero-order valence-corrected chi connectivity index (χ0v) is 12.4. The summed E-state index contributed by atoms with van der Waals surface area (Å²) < 4.78 is 26.3. The molecule has 0 aromatic rings. The molecular weight excluding hydrogens is 236 g/mol. The molecule has 5 heteroatoms. The van der Waals surface area contributed by atoms with Crippen molar-refractivity contribution in [3.05, 3.63) is 0 Å². The molecule has 0 heterocycles. The highest BCUT2D eigenvalue weighted by atomic mass is 32.2. The van der Waals surface area contributed by atoms with Crippen molar-refractivity contribution in [2.24, 2.45) is 5.92 Å². The van der Waals surface area contributed by atoms with Crippen LogP contribution in [0.4, 0.5) is 0 Å². The molecule has 0 aliphatic rings. The van der Waals surface area contributed by atoms with Gasteiger partial charge in [0, 0.05) is 6.04 Å². The van der Waals surface area contributed by atoms with Gasteiger partial charge in [0.1, 0.15) is 0 Å². The lowest BCUT2D eigenvalue weighted by molar-refractivity contribution is 0.433. The third-order valence-electron chi connectivity index (χ3n) is 3.06. The van der Waals surface area contributed by atoms with E-state index in [-0.39, 0.29) is 11.8 Å². The van der Waals surface area contributed by atoms with E-state index in [1.165, 1.54) is 0 Å². The Morgan fingerprint density at radius 2 is 1.76 bits per heavy atom. The fraction of sp³-hybridized carbons (Fsp3) is 1.00. The Hall–Kier alpha value is -0.130. The molecule has 0 saturated heterocycles. The van der Waals surface area contributed by atoms with Gasteiger partial charge in [-0.2, -0.15) is 0 Å². The number of sulfonamides is 1. The van der Waals surface area contributed by atoms with E-state index >= 15 is 0 Å². The van der Waals surface area contributed by atoms with Crippen LogP contribution >= 0.6 is 0 Å². The third kappa shape index (κ3) is 8.57. The molecule has 0 aliphatic carbocycles. The zero-order valence-electron chi connectivity index (χ0n) is 11.6. The number of rotatable bonds is 10. The summed E-state index contributed by atoms with van der Waals surface area (Å²) in [7, 11) is -3.11. The van der Waals surface area contributed by atoms with E-state index < -0.39 is 10.0 Å². The topological polar surface area (TPSA) is 58.2 Å². The Kier molecular flexibility index (Phi) is 8.82. The molecular formula is C12H28N2O2S. The standard InChI is InChI=1S/C12H28N2O2S/c1-5-8-13-9-7-10-17(15,16)14-12(4)11(3)6-2/h11-14H,5-10H2,1-4H3. The number of nitrogens with one attached hydrogen (secondary N) is 2. The summed E-state index contributed by atoms with van der Waals surface area (Å²) in [6.45, 7) is 9.89. The van der Waals surface area contributed by atoms with Crippen LogP contribution in [0.5, 0.6) is 0 Å². The molecule has 0 saturated carbocycles. The number of hydrogen-bond donors (Lipinski definition) is 2. The Morgan fingerprint density at radius 1 is 1.12 bits per heavy atom. The quantitative estimate of drug-likeness (QED) is 0.591. The van der Waals surface area contributed by atoms with E-state index in [2.05, 4.69) is 30.8 Å². The summed E-state index contributed by atoms with van der Waals surface area (Å²) in [5.41, 5.74) is 0. The van der Waals surface area contributed by atoms with Gasteiger partial charge in [-0.1, -0.05) is 27.2 Å². The van der Waals surface area contributed by atoms with E-state index in [4.69, 9.17) is 0 Å². The minimum absolute atomic E-state index is 0.0219. The van der Waals surface area contributed by atoms with Gasteiger partial charge >= 0.3 is 0 Å². The first-order valence-corrected chi connectivity index (χ1v) is 8.28. The van der Waals surface area contributed by atoms with Crippen molar-refractivity contribution in [2.45, 2.75) is 53.0 Å². The van der Waals surface area contributed by atoms with Crippen LogP contribution in [0.2, 0.25) is 0 Å². The molecule has 0 aromatic carbocycles. The van der Waals surface area contributed by atoms with Crippen molar-refractivity contribution in [2.75, 3.05) is 18.8 Å². The van der Waals surface area contributed by atoms with E-state index in [9.17, 15) is 8.42 Å². The maximum Gasteiger partial charge on any atom is 0.211 e. The Bertz CT molecular complexity index is 278. The molecule has 4 nitrogen and oxygen atoms in total. The van der Waals surface area contributed by atoms with Gasteiger partial charge in [-0.3, -0.25) is 0 Å². The highest BCUT2D eigenvalue weighted by Gasteiger charge is 2.17. The van der Waals surface area contributed by atoms with Gasteiger partial charge in [-0.05, 0) is 38.8 Å². The van der Waals surface area contributed by atoms with Gasteiger partial charge < -0.3 is 5.32 Å².